The number of rotatable bonds is 1. The van der Waals surface area contributed by atoms with Gasteiger partial charge in [-0.25, -0.2) is 0 Å². The summed E-state index contributed by atoms with van der Waals surface area (Å²) in [7, 11) is 0. The third-order valence-corrected chi connectivity index (χ3v) is 0.500. The third kappa shape index (κ3) is 23.5. The zero-order valence-electron chi connectivity index (χ0n) is 4.62. The molecule has 0 spiro atoms. The van der Waals surface area contributed by atoms with Crippen LogP contribution in [-0.2, 0) is 19.5 Å². The van der Waals surface area contributed by atoms with Gasteiger partial charge in [-0.1, -0.05) is 26.7 Å². The third-order valence-electron chi connectivity index (χ3n) is 0.500. The summed E-state index contributed by atoms with van der Waals surface area (Å²) in [5.74, 6) is 0. The molecule has 6 heavy (non-hydrogen) atoms. The molecule has 0 fully saturated rings. The van der Waals surface area contributed by atoms with Crippen LogP contribution >= 0.6 is 0 Å². The van der Waals surface area contributed by atoms with E-state index in [0.29, 0.717) is 0 Å². The molecule has 0 aromatic rings. The molecule has 0 aromatic heterocycles. The minimum atomic E-state index is 0. The van der Waals surface area contributed by atoms with E-state index in [1.165, 1.54) is 12.8 Å². The predicted octanol–water partition coefficient (Wildman–Crippen LogP) is 0.979. The summed E-state index contributed by atoms with van der Waals surface area (Å²) < 4.78 is 0. The second-order valence-corrected chi connectivity index (χ2v) is 1.000. The Labute approximate surface area is 52.2 Å². The topological polar surface area (TPSA) is 31.5 Å². The van der Waals surface area contributed by atoms with Gasteiger partial charge in [0.05, 0.1) is 0 Å². The molecule has 0 saturated heterocycles. The van der Waals surface area contributed by atoms with Crippen molar-refractivity contribution in [3.63, 3.8) is 0 Å². The fourth-order valence-electron chi connectivity index (χ4n) is 0. The van der Waals surface area contributed by atoms with Gasteiger partial charge in [-0.15, -0.1) is 0 Å². The second kappa shape index (κ2) is 17.6. The van der Waals surface area contributed by atoms with Crippen LogP contribution in [-0.4, -0.2) is 5.48 Å². The Morgan fingerprint density at radius 1 is 1.00 bits per heavy atom. The van der Waals surface area contributed by atoms with Crippen molar-refractivity contribution in [3.8, 4) is 0 Å². The molecule has 0 saturated carbocycles. The van der Waals surface area contributed by atoms with Gasteiger partial charge in [0, 0.05) is 19.5 Å². The minimum absolute atomic E-state index is 0. The first-order valence-electron chi connectivity index (χ1n) is 1.91. The summed E-state index contributed by atoms with van der Waals surface area (Å²) in [5.41, 5.74) is 0. The average molecular weight is 142 g/mol. The molecule has 0 aromatic carbocycles. The maximum Gasteiger partial charge on any atom is 0 e. The Kier molecular flexibility index (Phi) is 46.8. The number of unbranched alkanes of at least 4 members (excludes halogenated alkanes) is 1. The van der Waals surface area contributed by atoms with E-state index in [1.807, 2.05) is 0 Å². The molecular formula is C4H12OZn. The van der Waals surface area contributed by atoms with Gasteiger partial charge >= 0.3 is 0 Å². The Hall–Kier alpha value is 0.583. The monoisotopic (exact) mass is 140 g/mol. The Morgan fingerprint density at radius 3 is 1.17 bits per heavy atom. The molecular weight excluding hydrogens is 129 g/mol. The van der Waals surface area contributed by atoms with Gasteiger partial charge in [0.2, 0.25) is 0 Å². The predicted molar refractivity (Wildman–Crippen MR) is 24.2 cm³/mol. The van der Waals surface area contributed by atoms with Crippen molar-refractivity contribution in [2.75, 3.05) is 0 Å². The van der Waals surface area contributed by atoms with Gasteiger partial charge in [0.15, 0.2) is 0 Å². The molecule has 0 amide bonds. The number of hydrogen-bond donors (Lipinski definition) is 0. The van der Waals surface area contributed by atoms with E-state index in [2.05, 4.69) is 13.8 Å². The van der Waals surface area contributed by atoms with Crippen LogP contribution < -0.4 is 0 Å². The molecule has 0 bridgehead atoms. The van der Waals surface area contributed by atoms with E-state index >= 15 is 0 Å². The van der Waals surface area contributed by atoms with Gasteiger partial charge in [0.25, 0.3) is 0 Å². The summed E-state index contributed by atoms with van der Waals surface area (Å²) in [5, 5.41) is 0. The SMILES string of the molecule is CCCC.O.[Zn]. The van der Waals surface area contributed by atoms with Gasteiger partial charge in [0.1, 0.15) is 0 Å². The van der Waals surface area contributed by atoms with Crippen LogP contribution in [0.4, 0.5) is 0 Å². The molecule has 0 aliphatic rings. The summed E-state index contributed by atoms with van der Waals surface area (Å²) in [6.07, 6.45) is 2.64. The van der Waals surface area contributed by atoms with Crippen LogP contribution in [0.1, 0.15) is 26.7 Å². The Bertz CT molecular complexity index is 9.51. The molecule has 1 nitrogen and oxygen atoms in total. The molecule has 0 aliphatic carbocycles. The van der Waals surface area contributed by atoms with E-state index in [9.17, 15) is 0 Å². The molecule has 0 heterocycles. The quantitative estimate of drug-likeness (QED) is 0.488. The zero-order chi connectivity index (χ0) is 3.41. The average Bonchev–Trinajstić information content (AvgIpc) is 1.37. The van der Waals surface area contributed by atoms with Crippen molar-refractivity contribution in [1.82, 2.24) is 0 Å². The van der Waals surface area contributed by atoms with Gasteiger partial charge in [-0.05, 0) is 0 Å². The fourth-order valence-corrected chi connectivity index (χ4v) is 0. The van der Waals surface area contributed by atoms with Gasteiger partial charge in [-0.2, -0.15) is 0 Å². The normalized spacial score (nSPS) is 5.00. The van der Waals surface area contributed by atoms with E-state index in [4.69, 9.17) is 0 Å². The molecule has 0 radical (unpaired) electrons. The van der Waals surface area contributed by atoms with Crippen molar-refractivity contribution in [1.29, 1.82) is 0 Å². The van der Waals surface area contributed by atoms with E-state index in [-0.39, 0.29) is 25.0 Å². The maximum atomic E-state index is 2.18. The van der Waals surface area contributed by atoms with Crippen molar-refractivity contribution in [3.05, 3.63) is 0 Å². The first-order chi connectivity index (χ1) is 1.91. The molecule has 36 valence electrons. The summed E-state index contributed by atoms with van der Waals surface area (Å²) in [6, 6.07) is 0. The molecule has 0 aliphatic heterocycles. The summed E-state index contributed by atoms with van der Waals surface area (Å²) in [6.45, 7) is 4.36. The minimum Gasteiger partial charge on any atom is -0.412 e. The molecule has 0 rings (SSSR count). The van der Waals surface area contributed by atoms with Crippen molar-refractivity contribution < 1.29 is 25.0 Å². The summed E-state index contributed by atoms with van der Waals surface area (Å²) in [4.78, 5) is 0. The maximum absolute atomic E-state index is 2.18. The first-order valence-corrected chi connectivity index (χ1v) is 1.91. The standard InChI is InChI=1S/C4H10.H2O.Zn/c1-3-4-2;;/h3-4H2,1-2H3;1H2;. The van der Waals surface area contributed by atoms with E-state index < -0.39 is 0 Å². The molecule has 0 unspecified atom stereocenters. The van der Waals surface area contributed by atoms with E-state index in [0.717, 1.165) is 0 Å². The Morgan fingerprint density at radius 2 is 1.17 bits per heavy atom. The first kappa shape index (κ1) is 16.0. The van der Waals surface area contributed by atoms with Crippen molar-refractivity contribution in [2.45, 2.75) is 26.7 Å². The van der Waals surface area contributed by atoms with Crippen LogP contribution in [0.3, 0.4) is 0 Å². The molecule has 2 heteroatoms. The van der Waals surface area contributed by atoms with Crippen LogP contribution in [0.2, 0.25) is 0 Å². The largest absolute Gasteiger partial charge is 0.412 e. The van der Waals surface area contributed by atoms with Crippen molar-refractivity contribution in [2.24, 2.45) is 0 Å². The van der Waals surface area contributed by atoms with Crippen LogP contribution in [0.15, 0.2) is 0 Å². The molecule has 0 atom stereocenters. The van der Waals surface area contributed by atoms with Crippen LogP contribution in [0.5, 0.6) is 0 Å². The molecule has 2 N–H and O–H groups in total. The fraction of sp³-hybridized carbons (Fsp3) is 1.00. The number of hydrogen-bond acceptors (Lipinski definition) is 0. The Balaban J connectivity index is -0.0000000450. The zero-order valence-corrected chi connectivity index (χ0v) is 7.59. The van der Waals surface area contributed by atoms with Gasteiger partial charge < -0.3 is 5.48 Å². The van der Waals surface area contributed by atoms with Crippen LogP contribution in [0, 0.1) is 0 Å². The smallest absolute Gasteiger partial charge is 0 e. The second-order valence-electron chi connectivity index (χ2n) is 1.000. The summed E-state index contributed by atoms with van der Waals surface area (Å²) >= 11 is 0. The van der Waals surface area contributed by atoms with Crippen LogP contribution in [0.25, 0.3) is 0 Å². The van der Waals surface area contributed by atoms with E-state index in [1.54, 1.807) is 0 Å². The van der Waals surface area contributed by atoms with Gasteiger partial charge in [-0.3, -0.25) is 0 Å². The van der Waals surface area contributed by atoms with Crippen molar-refractivity contribution >= 4 is 0 Å².